The third kappa shape index (κ3) is 5.45. The van der Waals surface area contributed by atoms with Crippen LogP contribution in [0.4, 0.5) is 17.1 Å². The second kappa shape index (κ2) is 10.7. The molecule has 0 saturated heterocycles. The fraction of sp³-hybridized carbons (Fsp3) is 0. The van der Waals surface area contributed by atoms with Gasteiger partial charge in [-0.3, -0.25) is 20.3 Å². The maximum Gasteiger partial charge on any atom is 0.295 e. The van der Waals surface area contributed by atoms with Crippen LogP contribution in [0, 0.1) is 10.1 Å². The van der Waals surface area contributed by atoms with Crippen LogP contribution in [0.15, 0.2) is 113 Å². The number of hydrogen-bond donors (Lipinski definition) is 2. The molecule has 10 nitrogen and oxygen atoms in total. The molecule has 2 heterocycles. The Labute approximate surface area is 222 Å². The highest BCUT2D eigenvalue weighted by atomic mass is 32.2. The van der Waals surface area contributed by atoms with Crippen LogP contribution in [-0.2, 0) is 10.0 Å². The number of anilines is 2. The SMILES string of the molecule is O=[N+]([O-])c1cc(S(=O)(=O)Nc2ccccc2)ccc1N/N=C\c1cn(-c2ccccc2)nc1-c1cccs1. The monoisotopic (exact) mass is 544 g/mol. The van der Waals surface area contributed by atoms with Crippen LogP contribution in [0.3, 0.4) is 0 Å². The summed E-state index contributed by atoms with van der Waals surface area (Å²) in [5.41, 5.74) is 4.89. The van der Waals surface area contributed by atoms with Gasteiger partial charge in [0.1, 0.15) is 11.4 Å². The van der Waals surface area contributed by atoms with Gasteiger partial charge in [0, 0.05) is 23.5 Å². The fourth-order valence-corrected chi connectivity index (χ4v) is 5.42. The molecule has 0 amide bonds. The molecule has 0 atom stereocenters. The second-order valence-corrected chi connectivity index (χ2v) is 10.6. The van der Waals surface area contributed by atoms with Gasteiger partial charge in [-0.05, 0) is 47.8 Å². The van der Waals surface area contributed by atoms with Gasteiger partial charge in [0.15, 0.2) is 0 Å². The number of sulfonamides is 1. The van der Waals surface area contributed by atoms with E-state index >= 15 is 0 Å². The van der Waals surface area contributed by atoms with Crippen molar-refractivity contribution in [1.82, 2.24) is 9.78 Å². The van der Waals surface area contributed by atoms with Crippen molar-refractivity contribution in [2.75, 3.05) is 10.1 Å². The summed E-state index contributed by atoms with van der Waals surface area (Å²) in [6, 6.07) is 25.3. The molecule has 2 aromatic heterocycles. The molecule has 5 rings (SSSR count). The minimum Gasteiger partial charge on any atom is -0.280 e. The molecule has 3 aromatic carbocycles. The molecule has 0 fully saturated rings. The number of aromatic nitrogens is 2. The zero-order valence-electron chi connectivity index (χ0n) is 19.6. The molecule has 0 saturated carbocycles. The molecular weight excluding hydrogens is 524 g/mol. The Bertz CT molecular complexity index is 1700. The van der Waals surface area contributed by atoms with Gasteiger partial charge >= 0.3 is 0 Å². The summed E-state index contributed by atoms with van der Waals surface area (Å²) in [5.74, 6) is 0. The van der Waals surface area contributed by atoms with Crippen LogP contribution in [0.1, 0.15) is 5.56 Å². The highest BCUT2D eigenvalue weighted by Crippen LogP contribution is 2.30. The lowest BCUT2D eigenvalue weighted by atomic mass is 10.2. The first-order valence-electron chi connectivity index (χ1n) is 11.2. The third-order valence-electron chi connectivity index (χ3n) is 5.41. The van der Waals surface area contributed by atoms with Crippen LogP contribution in [-0.4, -0.2) is 29.3 Å². The molecule has 190 valence electrons. The predicted molar refractivity (Wildman–Crippen MR) is 148 cm³/mol. The van der Waals surface area contributed by atoms with Gasteiger partial charge in [0.25, 0.3) is 15.7 Å². The lowest BCUT2D eigenvalue weighted by Gasteiger charge is -2.09. The molecular formula is C26H20N6O4S2. The molecule has 5 aromatic rings. The maximum absolute atomic E-state index is 12.8. The topological polar surface area (TPSA) is 132 Å². The Kier molecular flexibility index (Phi) is 6.98. The van der Waals surface area contributed by atoms with Crippen molar-refractivity contribution < 1.29 is 13.3 Å². The fourth-order valence-electron chi connectivity index (χ4n) is 3.62. The average Bonchev–Trinajstić information content (AvgIpc) is 3.60. The van der Waals surface area contributed by atoms with Gasteiger partial charge in [-0.2, -0.15) is 10.2 Å². The Balaban J connectivity index is 1.42. The Hall–Kier alpha value is -4.81. The Morgan fingerprint density at radius 1 is 0.974 bits per heavy atom. The number of nitro benzene ring substituents is 1. The van der Waals surface area contributed by atoms with Gasteiger partial charge < -0.3 is 0 Å². The van der Waals surface area contributed by atoms with Gasteiger partial charge in [-0.15, -0.1) is 11.3 Å². The Morgan fingerprint density at radius 3 is 2.39 bits per heavy atom. The average molecular weight is 545 g/mol. The van der Waals surface area contributed by atoms with E-state index in [2.05, 4.69) is 15.2 Å². The molecule has 0 unspecified atom stereocenters. The number of rotatable bonds is 9. The number of nitrogens with zero attached hydrogens (tertiary/aromatic N) is 4. The number of benzene rings is 3. The number of nitro groups is 1. The van der Waals surface area contributed by atoms with Crippen LogP contribution >= 0.6 is 11.3 Å². The molecule has 0 aliphatic rings. The Morgan fingerprint density at radius 2 is 1.71 bits per heavy atom. The molecule has 2 N–H and O–H groups in total. The number of nitrogens with one attached hydrogen (secondary N) is 2. The van der Waals surface area contributed by atoms with Crippen molar-refractivity contribution in [3.05, 3.63) is 118 Å². The molecule has 38 heavy (non-hydrogen) atoms. The van der Waals surface area contributed by atoms with Crippen LogP contribution < -0.4 is 10.1 Å². The molecule has 12 heteroatoms. The lowest BCUT2D eigenvalue weighted by Crippen LogP contribution is -2.13. The largest absolute Gasteiger partial charge is 0.295 e. The van der Waals surface area contributed by atoms with Crippen LogP contribution in [0.2, 0.25) is 0 Å². The lowest BCUT2D eigenvalue weighted by molar-refractivity contribution is -0.384. The predicted octanol–water partition coefficient (Wildman–Crippen LogP) is 5.76. The highest BCUT2D eigenvalue weighted by molar-refractivity contribution is 7.92. The summed E-state index contributed by atoms with van der Waals surface area (Å²) in [6.45, 7) is 0. The first-order chi connectivity index (χ1) is 18.4. The zero-order valence-corrected chi connectivity index (χ0v) is 21.3. The van der Waals surface area contributed by atoms with E-state index in [0.29, 0.717) is 16.9 Å². The van der Waals surface area contributed by atoms with Crippen LogP contribution in [0.5, 0.6) is 0 Å². The quantitative estimate of drug-likeness (QED) is 0.138. The number of thiophene rings is 1. The summed E-state index contributed by atoms with van der Waals surface area (Å²) in [7, 11) is -4.03. The van der Waals surface area contributed by atoms with E-state index in [1.807, 2.05) is 54.0 Å². The van der Waals surface area contributed by atoms with Crippen molar-refractivity contribution in [2.45, 2.75) is 4.90 Å². The summed E-state index contributed by atoms with van der Waals surface area (Å²) >= 11 is 1.53. The molecule has 0 aliphatic carbocycles. The summed E-state index contributed by atoms with van der Waals surface area (Å²) in [5, 5.41) is 22.6. The summed E-state index contributed by atoms with van der Waals surface area (Å²) < 4.78 is 29.7. The van der Waals surface area contributed by atoms with E-state index < -0.39 is 20.6 Å². The van der Waals surface area contributed by atoms with E-state index in [1.54, 1.807) is 35.0 Å². The normalized spacial score (nSPS) is 11.5. The number of para-hydroxylation sites is 2. The van der Waals surface area contributed by atoms with E-state index in [1.165, 1.54) is 29.7 Å². The molecule has 0 spiro atoms. The first-order valence-corrected chi connectivity index (χ1v) is 13.6. The minimum absolute atomic E-state index is 0.0398. The van der Waals surface area contributed by atoms with Gasteiger partial charge in [-0.1, -0.05) is 42.5 Å². The van der Waals surface area contributed by atoms with E-state index in [4.69, 9.17) is 5.10 Å². The molecule has 0 bridgehead atoms. The second-order valence-electron chi connectivity index (χ2n) is 7.97. The third-order valence-corrected chi connectivity index (χ3v) is 7.66. The smallest absolute Gasteiger partial charge is 0.280 e. The maximum atomic E-state index is 12.8. The number of hydrogen-bond acceptors (Lipinski definition) is 8. The van der Waals surface area contributed by atoms with Crippen molar-refractivity contribution in [3.63, 3.8) is 0 Å². The van der Waals surface area contributed by atoms with Gasteiger partial charge in [-0.25, -0.2) is 13.1 Å². The van der Waals surface area contributed by atoms with Gasteiger partial charge in [0.05, 0.1) is 26.6 Å². The number of hydrazone groups is 1. The first kappa shape index (κ1) is 24.9. The summed E-state index contributed by atoms with van der Waals surface area (Å²) in [6.07, 6.45) is 3.34. The standard InChI is InChI=1S/C26H20N6O4S2/c33-32(34)24-16-22(38(35,36)30-20-8-3-1-4-9-20)13-14-23(24)28-27-17-19-18-31(21-10-5-2-6-11-21)29-26(19)25-12-7-15-37-25/h1-18,28,30H/b27-17-. The van der Waals surface area contributed by atoms with Gasteiger partial charge in [0.2, 0.25) is 0 Å². The highest BCUT2D eigenvalue weighted by Gasteiger charge is 2.22. The van der Waals surface area contributed by atoms with E-state index in [-0.39, 0.29) is 10.6 Å². The minimum atomic E-state index is -4.03. The van der Waals surface area contributed by atoms with Crippen LogP contribution in [0.25, 0.3) is 16.3 Å². The molecule has 0 radical (unpaired) electrons. The van der Waals surface area contributed by atoms with Crippen molar-refractivity contribution in [1.29, 1.82) is 0 Å². The zero-order chi connectivity index (χ0) is 26.5. The summed E-state index contributed by atoms with van der Waals surface area (Å²) in [4.78, 5) is 11.8. The van der Waals surface area contributed by atoms with Crippen molar-refractivity contribution >= 4 is 44.6 Å². The van der Waals surface area contributed by atoms with Crippen molar-refractivity contribution in [3.8, 4) is 16.3 Å². The van der Waals surface area contributed by atoms with E-state index in [0.717, 1.165) is 16.6 Å². The van der Waals surface area contributed by atoms with Crippen molar-refractivity contribution in [2.24, 2.45) is 5.10 Å². The molecule has 0 aliphatic heterocycles. The van der Waals surface area contributed by atoms with E-state index in [9.17, 15) is 18.5 Å².